The Bertz CT molecular complexity index is 512. The summed E-state index contributed by atoms with van der Waals surface area (Å²) in [5.41, 5.74) is 0.133. The number of hydrogen-bond donors (Lipinski definition) is 0. The Hall–Kier alpha value is -0.920. The van der Waals surface area contributed by atoms with Crippen molar-refractivity contribution in [2.24, 2.45) is 0 Å². The molecule has 0 radical (unpaired) electrons. The molecule has 13 heavy (non-hydrogen) atoms. The summed E-state index contributed by atoms with van der Waals surface area (Å²) in [5, 5.41) is 11.5. The van der Waals surface area contributed by atoms with Gasteiger partial charge in [0, 0.05) is 15.2 Å². The lowest BCUT2D eigenvalue weighted by atomic mass is 10.2. The molecule has 1 heterocycles. The van der Waals surface area contributed by atoms with Crippen LogP contribution in [0.15, 0.2) is 22.0 Å². The van der Waals surface area contributed by atoms with E-state index in [2.05, 4.69) is 15.9 Å². The van der Waals surface area contributed by atoms with E-state index in [9.17, 15) is 4.39 Å². The number of benzene rings is 1. The predicted molar refractivity (Wildman–Crippen MR) is 54.2 cm³/mol. The van der Waals surface area contributed by atoms with Gasteiger partial charge in [-0.1, -0.05) is 0 Å². The molecule has 0 aliphatic rings. The molecule has 2 aromatic rings. The van der Waals surface area contributed by atoms with E-state index < -0.39 is 5.82 Å². The molecule has 0 aliphatic heterocycles. The molecular weight excluding hydrogens is 253 g/mol. The van der Waals surface area contributed by atoms with Crippen molar-refractivity contribution < 1.29 is 4.39 Å². The third-order valence-electron chi connectivity index (χ3n) is 1.76. The van der Waals surface area contributed by atoms with Crippen molar-refractivity contribution >= 4 is 37.4 Å². The summed E-state index contributed by atoms with van der Waals surface area (Å²) >= 11 is 4.70. The van der Waals surface area contributed by atoms with Gasteiger partial charge >= 0.3 is 0 Å². The number of thiophene rings is 1. The first-order valence-electron chi connectivity index (χ1n) is 3.49. The van der Waals surface area contributed by atoms with Crippen molar-refractivity contribution in [1.29, 1.82) is 5.26 Å². The van der Waals surface area contributed by atoms with Gasteiger partial charge < -0.3 is 0 Å². The summed E-state index contributed by atoms with van der Waals surface area (Å²) in [6, 6.07) is 4.86. The Morgan fingerprint density at radius 1 is 1.46 bits per heavy atom. The van der Waals surface area contributed by atoms with Crippen molar-refractivity contribution in [3.63, 3.8) is 0 Å². The number of fused-ring (bicyclic) bond motifs is 1. The third kappa shape index (κ3) is 1.25. The second-order valence-corrected chi connectivity index (χ2v) is 4.23. The molecule has 2 rings (SSSR count). The van der Waals surface area contributed by atoms with Crippen molar-refractivity contribution in [3.8, 4) is 6.07 Å². The molecular formula is C9H3BrFNS. The van der Waals surface area contributed by atoms with Crippen LogP contribution in [0.2, 0.25) is 0 Å². The smallest absolute Gasteiger partial charge is 0.142 e. The van der Waals surface area contributed by atoms with Gasteiger partial charge in [-0.2, -0.15) is 5.26 Å². The fourth-order valence-electron chi connectivity index (χ4n) is 1.15. The standard InChI is InChI=1S/C9H3BrFNS/c10-7-4-13-9-5(7)1-2-8(11)6(9)3-12/h1-2,4H. The Kier molecular flexibility index (Phi) is 2.06. The van der Waals surface area contributed by atoms with E-state index in [1.165, 1.54) is 17.4 Å². The maximum atomic E-state index is 13.1. The van der Waals surface area contributed by atoms with Gasteiger partial charge in [0.2, 0.25) is 0 Å². The van der Waals surface area contributed by atoms with Crippen molar-refractivity contribution in [1.82, 2.24) is 0 Å². The molecule has 0 atom stereocenters. The van der Waals surface area contributed by atoms with Crippen LogP contribution < -0.4 is 0 Å². The van der Waals surface area contributed by atoms with Crippen LogP contribution in [0, 0.1) is 17.1 Å². The van der Waals surface area contributed by atoms with E-state index in [1.807, 2.05) is 11.4 Å². The van der Waals surface area contributed by atoms with Crippen molar-refractivity contribution in [3.05, 3.63) is 33.4 Å². The van der Waals surface area contributed by atoms with Crippen LogP contribution in [0.3, 0.4) is 0 Å². The molecule has 0 fully saturated rings. The van der Waals surface area contributed by atoms with Crippen LogP contribution >= 0.6 is 27.3 Å². The first kappa shape index (κ1) is 8.67. The number of halogens is 2. The zero-order valence-corrected chi connectivity index (χ0v) is 8.75. The van der Waals surface area contributed by atoms with Crippen LogP contribution in [-0.4, -0.2) is 0 Å². The highest BCUT2D eigenvalue weighted by Crippen LogP contribution is 2.33. The molecule has 1 nitrogen and oxygen atoms in total. The molecule has 0 spiro atoms. The largest absolute Gasteiger partial charge is 0.205 e. The lowest BCUT2D eigenvalue weighted by Gasteiger charge is -1.94. The normalized spacial score (nSPS) is 10.2. The molecule has 1 aromatic heterocycles. The quantitative estimate of drug-likeness (QED) is 0.705. The van der Waals surface area contributed by atoms with Gasteiger partial charge in [0.25, 0.3) is 0 Å². The number of nitriles is 1. The van der Waals surface area contributed by atoms with E-state index in [-0.39, 0.29) is 5.56 Å². The van der Waals surface area contributed by atoms with Crippen LogP contribution in [0.5, 0.6) is 0 Å². The fraction of sp³-hybridized carbons (Fsp3) is 0. The van der Waals surface area contributed by atoms with Gasteiger partial charge in [0.15, 0.2) is 0 Å². The molecule has 0 saturated carbocycles. The summed E-state index contributed by atoms with van der Waals surface area (Å²) in [7, 11) is 0. The van der Waals surface area contributed by atoms with E-state index in [1.54, 1.807) is 6.07 Å². The summed E-state index contributed by atoms with van der Waals surface area (Å²) in [4.78, 5) is 0. The van der Waals surface area contributed by atoms with Crippen LogP contribution in [0.1, 0.15) is 5.56 Å². The topological polar surface area (TPSA) is 23.8 Å². The summed E-state index contributed by atoms with van der Waals surface area (Å²) < 4.78 is 14.7. The first-order chi connectivity index (χ1) is 6.24. The van der Waals surface area contributed by atoms with Crippen molar-refractivity contribution in [2.75, 3.05) is 0 Å². The zero-order valence-electron chi connectivity index (χ0n) is 6.34. The molecule has 0 N–H and O–H groups in total. The number of rotatable bonds is 0. The Labute approximate surface area is 86.5 Å². The minimum absolute atomic E-state index is 0.133. The van der Waals surface area contributed by atoms with Gasteiger partial charge in [-0.15, -0.1) is 11.3 Å². The van der Waals surface area contributed by atoms with Gasteiger partial charge in [0.05, 0.1) is 4.70 Å². The summed E-state index contributed by atoms with van der Waals surface area (Å²) in [6.07, 6.45) is 0. The van der Waals surface area contributed by atoms with E-state index in [0.29, 0.717) is 4.70 Å². The van der Waals surface area contributed by atoms with Gasteiger partial charge in [0.1, 0.15) is 17.4 Å². The maximum Gasteiger partial charge on any atom is 0.142 e. The Morgan fingerprint density at radius 3 is 2.92 bits per heavy atom. The zero-order chi connectivity index (χ0) is 9.42. The average Bonchev–Trinajstić information content (AvgIpc) is 2.48. The Balaban J connectivity index is 2.95. The molecule has 1 aromatic carbocycles. The lowest BCUT2D eigenvalue weighted by molar-refractivity contribution is 0.626. The molecule has 0 amide bonds. The molecule has 64 valence electrons. The SMILES string of the molecule is N#Cc1c(F)ccc2c(Br)csc12. The Morgan fingerprint density at radius 2 is 2.23 bits per heavy atom. The van der Waals surface area contributed by atoms with Crippen LogP contribution in [0.25, 0.3) is 10.1 Å². The highest BCUT2D eigenvalue weighted by atomic mass is 79.9. The lowest BCUT2D eigenvalue weighted by Crippen LogP contribution is -1.81. The van der Waals surface area contributed by atoms with E-state index in [4.69, 9.17) is 5.26 Å². The summed E-state index contributed by atoms with van der Waals surface area (Å²) in [5.74, 6) is -0.454. The highest BCUT2D eigenvalue weighted by molar-refractivity contribution is 9.10. The molecule has 0 aliphatic carbocycles. The number of hydrogen-bond acceptors (Lipinski definition) is 2. The second-order valence-electron chi connectivity index (χ2n) is 2.49. The molecule has 0 unspecified atom stereocenters. The second kappa shape index (κ2) is 3.09. The van der Waals surface area contributed by atoms with Gasteiger partial charge in [-0.05, 0) is 28.1 Å². The number of nitrogens with zero attached hydrogens (tertiary/aromatic N) is 1. The average molecular weight is 256 g/mol. The predicted octanol–water partition coefficient (Wildman–Crippen LogP) is 3.67. The maximum absolute atomic E-state index is 13.1. The van der Waals surface area contributed by atoms with Gasteiger partial charge in [-0.25, -0.2) is 4.39 Å². The minimum Gasteiger partial charge on any atom is -0.205 e. The monoisotopic (exact) mass is 255 g/mol. The molecule has 0 saturated heterocycles. The van der Waals surface area contributed by atoms with Crippen LogP contribution in [0.4, 0.5) is 4.39 Å². The highest BCUT2D eigenvalue weighted by Gasteiger charge is 2.10. The third-order valence-corrected chi connectivity index (χ3v) is 3.73. The first-order valence-corrected chi connectivity index (χ1v) is 5.16. The van der Waals surface area contributed by atoms with E-state index >= 15 is 0 Å². The van der Waals surface area contributed by atoms with Crippen LogP contribution in [-0.2, 0) is 0 Å². The minimum atomic E-state index is -0.454. The van der Waals surface area contributed by atoms with Crippen molar-refractivity contribution in [2.45, 2.75) is 0 Å². The molecule has 4 heteroatoms. The fourth-order valence-corrected chi connectivity index (χ4v) is 2.80. The van der Waals surface area contributed by atoms with E-state index in [0.717, 1.165) is 9.86 Å². The van der Waals surface area contributed by atoms with Gasteiger partial charge in [-0.3, -0.25) is 0 Å². The summed E-state index contributed by atoms with van der Waals surface area (Å²) in [6.45, 7) is 0. The molecule has 0 bridgehead atoms.